The Kier molecular flexibility index (Phi) is 6.16. The molecule has 100 valence electrons. The molecule has 3 nitrogen and oxygen atoms in total. The first-order valence-corrected chi connectivity index (χ1v) is 6.45. The third-order valence-corrected chi connectivity index (χ3v) is 2.84. The van der Waals surface area contributed by atoms with Crippen LogP contribution in [0, 0.1) is 5.92 Å². The van der Waals surface area contributed by atoms with Crippen molar-refractivity contribution < 1.29 is 9.53 Å². The first-order valence-electron chi connectivity index (χ1n) is 6.07. The van der Waals surface area contributed by atoms with Gasteiger partial charge in [-0.2, -0.15) is 0 Å². The van der Waals surface area contributed by atoms with E-state index in [0.29, 0.717) is 23.1 Å². The highest BCUT2D eigenvalue weighted by molar-refractivity contribution is 6.31. The number of rotatable bonds is 7. The number of benzene rings is 1. The lowest BCUT2D eigenvalue weighted by atomic mass is 10.1. The summed E-state index contributed by atoms with van der Waals surface area (Å²) in [6, 6.07) is 5.40. The third kappa shape index (κ3) is 4.31. The number of aldehydes is 1. The molecule has 0 unspecified atom stereocenters. The molecule has 0 saturated heterocycles. The van der Waals surface area contributed by atoms with Gasteiger partial charge >= 0.3 is 0 Å². The molecule has 0 spiro atoms. The maximum Gasteiger partial charge on any atom is 0.152 e. The number of hydrogen-bond acceptors (Lipinski definition) is 3. The van der Waals surface area contributed by atoms with Crippen LogP contribution >= 0.6 is 11.6 Å². The molecule has 0 aliphatic carbocycles. The number of ether oxygens (including phenoxy) is 1. The van der Waals surface area contributed by atoms with Gasteiger partial charge in [-0.15, -0.1) is 0 Å². The fourth-order valence-corrected chi connectivity index (χ4v) is 2.04. The van der Waals surface area contributed by atoms with Crippen molar-refractivity contribution in [2.45, 2.75) is 13.8 Å². The van der Waals surface area contributed by atoms with Gasteiger partial charge in [0, 0.05) is 36.5 Å². The van der Waals surface area contributed by atoms with Gasteiger partial charge in [0.25, 0.3) is 0 Å². The number of nitrogens with zero attached hydrogens (tertiary/aromatic N) is 1. The van der Waals surface area contributed by atoms with E-state index in [-0.39, 0.29) is 0 Å². The average Bonchev–Trinajstić information content (AvgIpc) is 2.34. The third-order valence-electron chi connectivity index (χ3n) is 2.61. The molecule has 0 aromatic heterocycles. The van der Waals surface area contributed by atoms with E-state index in [1.807, 2.05) is 12.1 Å². The van der Waals surface area contributed by atoms with Crippen LogP contribution in [0.25, 0.3) is 0 Å². The fourth-order valence-electron chi connectivity index (χ4n) is 1.86. The van der Waals surface area contributed by atoms with Crippen molar-refractivity contribution in [3.63, 3.8) is 0 Å². The molecule has 18 heavy (non-hydrogen) atoms. The van der Waals surface area contributed by atoms with Crippen LogP contribution < -0.4 is 4.90 Å². The Labute approximate surface area is 114 Å². The Morgan fingerprint density at radius 3 is 2.72 bits per heavy atom. The molecular weight excluding hydrogens is 250 g/mol. The monoisotopic (exact) mass is 269 g/mol. The molecule has 1 aromatic rings. The molecule has 1 rings (SSSR count). The minimum Gasteiger partial charge on any atom is -0.383 e. The first kappa shape index (κ1) is 15.0. The van der Waals surface area contributed by atoms with E-state index in [1.165, 1.54) is 0 Å². The van der Waals surface area contributed by atoms with Crippen molar-refractivity contribution in [1.29, 1.82) is 0 Å². The van der Waals surface area contributed by atoms with Crippen molar-refractivity contribution in [3.8, 4) is 0 Å². The van der Waals surface area contributed by atoms with Gasteiger partial charge in [0.05, 0.1) is 6.61 Å². The van der Waals surface area contributed by atoms with Gasteiger partial charge in [-0.25, -0.2) is 0 Å². The number of anilines is 1. The number of carbonyl (C=O) groups is 1. The normalized spacial score (nSPS) is 10.7. The van der Waals surface area contributed by atoms with E-state index < -0.39 is 0 Å². The van der Waals surface area contributed by atoms with Gasteiger partial charge < -0.3 is 9.64 Å². The Morgan fingerprint density at radius 2 is 2.17 bits per heavy atom. The molecule has 0 amide bonds. The van der Waals surface area contributed by atoms with Gasteiger partial charge in [-0.05, 0) is 24.1 Å². The van der Waals surface area contributed by atoms with Crippen LogP contribution in [-0.2, 0) is 4.74 Å². The maximum atomic E-state index is 11.1. The van der Waals surface area contributed by atoms with Gasteiger partial charge in [-0.3, -0.25) is 4.79 Å². The molecule has 0 radical (unpaired) electrons. The molecule has 0 heterocycles. The van der Waals surface area contributed by atoms with Gasteiger partial charge in [-0.1, -0.05) is 25.4 Å². The van der Waals surface area contributed by atoms with Crippen molar-refractivity contribution in [1.82, 2.24) is 0 Å². The van der Waals surface area contributed by atoms with Crippen LogP contribution in [0.1, 0.15) is 24.2 Å². The lowest BCUT2D eigenvalue weighted by molar-refractivity contribution is 0.112. The predicted molar refractivity (Wildman–Crippen MR) is 75.8 cm³/mol. The lowest BCUT2D eigenvalue weighted by Crippen LogP contribution is -2.31. The summed E-state index contributed by atoms with van der Waals surface area (Å²) in [6.07, 6.45) is 0.849. The highest BCUT2D eigenvalue weighted by Crippen LogP contribution is 2.23. The molecule has 0 aliphatic heterocycles. The molecule has 0 aliphatic rings. The summed E-state index contributed by atoms with van der Waals surface area (Å²) in [7, 11) is 1.68. The average molecular weight is 270 g/mol. The smallest absolute Gasteiger partial charge is 0.152 e. The second-order valence-corrected chi connectivity index (χ2v) is 5.09. The van der Waals surface area contributed by atoms with Gasteiger partial charge in [0.2, 0.25) is 0 Å². The topological polar surface area (TPSA) is 29.5 Å². The summed E-state index contributed by atoms with van der Waals surface area (Å²) in [5.74, 6) is 0.511. The molecule has 4 heteroatoms. The van der Waals surface area contributed by atoms with Gasteiger partial charge in [0.15, 0.2) is 6.29 Å². The van der Waals surface area contributed by atoms with Crippen molar-refractivity contribution in [2.75, 3.05) is 31.7 Å². The minimum atomic E-state index is 0.511. The minimum absolute atomic E-state index is 0.511. The molecule has 0 fully saturated rings. The lowest BCUT2D eigenvalue weighted by Gasteiger charge is -2.27. The molecule has 1 aromatic carbocycles. The number of hydrogen-bond donors (Lipinski definition) is 0. The van der Waals surface area contributed by atoms with E-state index in [0.717, 1.165) is 25.1 Å². The highest BCUT2D eigenvalue weighted by atomic mass is 35.5. The first-order chi connectivity index (χ1) is 8.58. The number of halogens is 1. The Hall–Kier alpha value is -1.06. The Morgan fingerprint density at radius 1 is 1.44 bits per heavy atom. The molecule has 0 N–H and O–H groups in total. The van der Waals surface area contributed by atoms with E-state index in [9.17, 15) is 4.79 Å². The van der Waals surface area contributed by atoms with E-state index >= 15 is 0 Å². The Bertz CT molecular complexity index is 393. The van der Waals surface area contributed by atoms with Crippen molar-refractivity contribution >= 4 is 23.6 Å². The Balaban J connectivity index is 2.99. The number of carbonyl (C=O) groups excluding carboxylic acids is 1. The van der Waals surface area contributed by atoms with Crippen LogP contribution in [-0.4, -0.2) is 33.1 Å². The molecule has 0 atom stereocenters. The van der Waals surface area contributed by atoms with Crippen molar-refractivity contribution in [2.24, 2.45) is 5.92 Å². The second kappa shape index (κ2) is 7.39. The van der Waals surface area contributed by atoms with Crippen LogP contribution in [0.15, 0.2) is 18.2 Å². The van der Waals surface area contributed by atoms with E-state index in [2.05, 4.69) is 18.7 Å². The zero-order valence-electron chi connectivity index (χ0n) is 11.1. The van der Waals surface area contributed by atoms with Crippen LogP contribution in [0.5, 0.6) is 0 Å². The zero-order valence-corrected chi connectivity index (χ0v) is 11.9. The van der Waals surface area contributed by atoms with Gasteiger partial charge in [0.1, 0.15) is 0 Å². The molecule has 0 saturated carbocycles. The molecule has 0 bridgehead atoms. The van der Waals surface area contributed by atoms with Crippen LogP contribution in [0.4, 0.5) is 5.69 Å². The van der Waals surface area contributed by atoms with Crippen LogP contribution in [0.3, 0.4) is 0 Å². The van der Waals surface area contributed by atoms with E-state index in [1.54, 1.807) is 13.2 Å². The summed E-state index contributed by atoms with van der Waals surface area (Å²) in [4.78, 5) is 13.3. The summed E-state index contributed by atoms with van der Waals surface area (Å²) in [5, 5.41) is 0.581. The summed E-state index contributed by atoms with van der Waals surface area (Å²) in [6.45, 7) is 6.57. The summed E-state index contributed by atoms with van der Waals surface area (Å²) in [5.41, 5.74) is 1.54. The van der Waals surface area contributed by atoms with E-state index in [4.69, 9.17) is 16.3 Å². The zero-order chi connectivity index (χ0) is 13.5. The SMILES string of the molecule is COCCN(CC(C)C)c1ccc(Cl)cc1C=O. The highest BCUT2D eigenvalue weighted by Gasteiger charge is 2.12. The van der Waals surface area contributed by atoms with Crippen LogP contribution in [0.2, 0.25) is 5.02 Å². The predicted octanol–water partition coefficient (Wildman–Crippen LogP) is 3.26. The number of methoxy groups -OCH3 is 1. The fraction of sp³-hybridized carbons (Fsp3) is 0.500. The standard InChI is InChI=1S/C14H20ClNO2/c1-11(2)9-16(6-7-18-3)14-5-4-13(15)8-12(14)10-17/h4-5,8,10-11H,6-7,9H2,1-3H3. The summed E-state index contributed by atoms with van der Waals surface area (Å²) < 4.78 is 5.12. The summed E-state index contributed by atoms with van der Waals surface area (Å²) >= 11 is 5.91. The second-order valence-electron chi connectivity index (χ2n) is 4.65. The maximum absolute atomic E-state index is 11.1. The quantitative estimate of drug-likeness (QED) is 0.712. The molecular formula is C14H20ClNO2. The largest absolute Gasteiger partial charge is 0.383 e. The van der Waals surface area contributed by atoms with Crippen molar-refractivity contribution in [3.05, 3.63) is 28.8 Å².